The van der Waals surface area contributed by atoms with E-state index in [0.717, 1.165) is 17.5 Å². The first-order valence-corrected chi connectivity index (χ1v) is 10.3. The molecule has 0 aliphatic carbocycles. The summed E-state index contributed by atoms with van der Waals surface area (Å²) < 4.78 is 5.28. The van der Waals surface area contributed by atoms with E-state index in [1.807, 2.05) is 31.2 Å². The van der Waals surface area contributed by atoms with Gasteiger partial charge < -0.3 is 15.0 Å². The molecule has 1 N–H and O–H groups in total. The summed E-state index contributed by atoms with van der Waals surface area (Å²) >= 11 is 0. The fraction of sp³-hybridized carbons (Fsp3) is 0.522. The summed E-state index contributed by atoms with van der Waals surface area (Å²) in [5.41, 5.74) is 2.90. The second kappa shape index (κ2) is 10.2. The molecule has 2 amide bonds. The number of hydrogen-bond acceptors (Lipinski definition) is 4. The van der Waals surface area contributed by atoms with Gasteiger partial charge in [0.15, 0.2) is 0 Å². The lowest BCUT2D eigenvalue weighted by molar-refractivity contribution is -0.141. The molecule has 1 aliphatic heterocycles. The Balaban J connectivity index is 2.31. The fourth-order valence-electron chi connectivity index (χ4n) is 3.55. The SMILES string of the molecule is CCOC(=O)C1=C(C)N(CC(=O)NCCC(C)C)C(=O)C[C@@H]1c1cccc(C)c1. The van der Waals surface area contributed by atoms with Crippen LogP contribution in [0.5, 0.6) is 0 Å². The summed E-state index contributed by atoms with van der Waals surface area (Å²) in [5, 5.41) is 2.85. The topological polar surface area (TPSA) is 75.7 Å². The molecule has 0 aromatic heterocycles. The summed E-state index contributed by atoms with van der Waals surface area (Å²) in [6.45, 7) is 10.3. The van der Waals surface area contributed by atoms with E-state index in [1.165, 1.54) is 4.90 Å². The molecule has 0 spiro atoms. The zero-order valence-corrected chi connectivity index (χ0v) is 18.1. The Morgan fingerprint density at radius 1 is 1.28 bits per heavy atom. The highest BCUT2D eigenvalue weighted by atomic mass is 16.5. The van der Waals surface area contributed by atoms with Crippen LogP contribution < -0.4 is 5.32 Å². The van der Waals surface area contributed by atoms with Crippen molar-refractivity contribution in [2.75, 3.05) is 19.7 Å². The third-order valence-corrected chi connectivity index (χ3v) is 5.11. The summed E-state index contributed by atoms with van der Waals surface area (Å²) in [6, 6.07) is 7.80. The molecule has 1 heterocycles. The van der Waals surface area contributed by atoms with Gasteiger partial charge >= 0.3 is 5.97 Å². The first-order chi connectivity index (χ1) is 13.7. The van der Waals surface area contributed by atoms with Gasteiger partial charge in [-0.1, -0.05) is 43.7 Å². The number of carbonyl (C=O) groups is 3. The van der Waals surface area contributed by atoms with Crippen LogP contribution in [-0.4, -0.2) is 42.4 Å². The van der Waals surface area contributed by atoms with Gasteiger partial charge in [0, 0.05) is 24.6 Å². The van der Waals surface area contributed by atoms with Gasteiger partial charge in [-0.05, 0) is 38.7 Å². The monoisotopic (exact) mass is 400 g/mol. The molecular weight excluding hydrogens is 368 g/mol. The van der Waals surface area contributed by atoms with Crippen LogP contribution in [0.15, 0.2) is 35.5 Å². The lowest BCUT2D eigenvalue weighted by Gasteiger charge is -2.34. The zero-order valence-electron chi connectivity index (χ0n) is 18.1. The number of rotatable bonds is 8. The fourth-order valence-corrected chi connectivity index (χ4v) is 3.55. The molecule has 2 rings (SSSR count). The summed E-state index contributed by atoms with van der Waals surface area (Å²) in [5.74, 6) is -0.716. The van der Waals surface area contributed by atoms with Crippen molar-refractivity contribution in [2.24, 2.45) is 5.92 Å². The van der Waals surface area contributed by atoms with Crippen LogP contribution in [0.1, 0.15) is 57.6 Å². The predicted molar refractivity (Wildman–Crippen MR) is 112 cm³/mol. The van der Waals surface area contributed by atoms with E-state index in [-0.39, 0.29) is 37.3 Å². The molecule has 0 radical (unpaired) electrons. The Bertz CT molecular complexity index is 798. The van der Waals surface area contributed by atoms with Gasteiger partial charge in [0.25, 0.3) is 0 Å². The first kappa shape index (κ1) is 22.7. The molecular formula is C23H32N2O4. The van der Waals surface area contributed by atoms with Crippen LogP contribution >= 0.6 is 0 Å². The van der Waals surface area contributed by atoms with E-state index in [2.05, 4.69) is 19.2 Å². The maximum atomic E-state index is 12.9. The number of benzene rings is 1. The average molecular weight is 401 g/mol. The molecule has 1 aromatic rings. The highest BCUT2D eigenvalue weighted by Crippen LogP contribution is 2.37. The molecule has 1 atom stereocenters. The number of esters is 1. The summed E-state index contributed by atoms with van der Waals surface area (Å²) in [4.78, 5) is 39.4. The minimum atomic E-state index is -0.436. The van der Waals surface area contributed by atoms with Crippen LogP contribution in [0.2, 0.25) is 0 Å². The zero-order chi connectivity index (χ0) is 21.6. The Kier molecular flexibility index (Phi) is 8.00. The molecule has 29 heavy (non-hydrogen) atoms. The van der Waals surface area contributed by atoms with E-state index in [0.29, 0.717) is 23.7 Å². The average Bonchev–Trinajstić information content (AvgIpc) is 2.64. The van der Waals surface area contributed by atoms with Gasteiger partial charge in [-0.15, -0.1) is 0 Å². The van der Waals surface area contributed by atoms with Crippen LogP contribution in [0.4, 0.5) is 0 Å². The minimum absolute atomic E-state index is 0.0911. The van der Waals surface area contributed by atoms with Gasteiger partial charge in [0.05, 0.1) is 12.2 Å². The van der Waals surface area contributed by atoms with Gasteiger partial charge in [0.1, 0.15) is 6.54 Å². The van der Waals surface area contributed by atoms with E-state index >= 15 is 0 Å². The predicted octanol–water partition coefficient (Wildman–Crippen LogP) is 3.31. The second-order valence-electron chi connectivity index (χ2n) is 7.90. The van der Waals surface area contributed by atoms with E-state index in [4.69, 9.17) is 4.74 Å². The van der Waals surface area contributed by atoms with Crippen molar-refractivity contribution in [3.05, 3.63) is 46.7 Å². The normalized spacial score (nSPS) is 17.0. The van der Waals surface area contributed by atoms with E-state index in [1.54, 1.807) is 13.8 Å². The number of carbonyl (C=O) groups excluding carboxylic acids is 3. The van der Waals surface area contributed by atoms with E-state index < -0.39 is 5.97 Å². The summed E-state index contributed by atoms with van der Waals surface area (Å²) in [6.07, 6.45) is 1.01. The molecule has 0 bridgehead atoms. The number of allylic oxidation sites excluding steroid dienone is 1. The molecule has 0 saturated heterocycles. The number of nitrogens with zero attached hydrogens (tertiary/aromatic N) is 1. The van der Waals surface area contributed by atoms with Crippen molar-refractivity contribution in [1.82, 2.24) is 10.2 Å². The maximum Gasteiger partial charge on any atom is 0.336 e. The third-order valence-electron chi connectivity index (χ3n) is 5.11. The quantitative estimate of drug-likeness (QED) is 0.679. The highest BCUT2D eigenvalue weighted by Gasteiger charge is 2.37. The lowest BCUT2D eigenvalue weighted by Crippen LogP contribution is -2.44. The van der Waals surface area contributed by atoms with Crippen molar-refractivity contribution < 1.29 is 19.1 Å². The van der Waals surface area contributed by atoms with Crippen molar-refractivity contribution in [3.63, 3.8) is 0 Å². The summed E-state index contributed by atoms with van der Waals surface area (Å²) in [7, 11) is 0. The van der Waals surface area contributed by atoms with Crippen LogP contribution in [-0.2, 0) is 19.1 Å². The van der Waals surface area contributed by atoms with Gasteiger partial charge in [-0.3, -0.25) is 9.59 Å². The molecule has 0 saturated carbocycles. The smallest absolute Gasteiger partial charge is 0.336 e. The Hall–Kier alpha value is -2.63. The van der Waals surface area contributed by atoms with Crippen molar-refractivity contribution in [2.45, 2.75) is 53.4 Å². The first-order valence-electron chi connectivity index (χ1n) is 10.3. The van der Waals surface area contributed by atoms with Gasteiger partial charge in [-0.2, -0.15) is 0 Å². The number of ether oxygens (including phenoxy) is 1. The van der Waals surface area contributed by atoms with Crippen molar-refractivity contribution in [1.29, 1.82) is 0 Å². The molecule has 0 unspecified atom stereocenters. The second-order valence-corrected chi connectivity index (χ2v) is 7.90. The molecule has 6 heteroatoms. The Morgan fingerprint density at radius 3 is 2.62 bits per heavy atom. The Morgan fingerprint density at radius 2 is 2.00 bits per heavy atom. The van der Waals surface area contributed by atoms with Crippen LogP contribution in [0.25, 0.3) is 0 Å². The minimum Gasteiger partial charge on any atom is -0.463 e. The molecule has 158 valence electrons. The van der Waals surface area contributed by atoms with Crippen molar-refractivity contribution in [3.8, 4) is 0 Å². The highest BCUT2D eigenvalue weighted by molar-refractivity contribution is 5.97. The molecule has 1 aromatic carbocycles. The van der Waals surface area contributed by atoms with Gasteiger partial charge in [-0.25, -0.2) is 4.79 Å². The van der Waals surface area contributed by atoms with E-state index in [9.17, 15) is 14.4 Å². The standard InChI is InChI=1S/C23H32N2O4/c1-6-29-23(28)22-17(5)25(14-20(26)24-11-10-15(2)3)21(27)13-19(22)18-9-7-8-16(4)12-18/h7-9,12,15,19H,6,10-11,13-14H2,1-5H3,(H,24,26)/t19-/m1/s1. The molecule has 1 aliphatic rings. The van der Waals surface area contributed by atoms with Crippen LogP contribution in [0.3, 0.4) is 0 Å². The number of amides is 2. The van der Waals surface area contributed by atoms with Gasteiger partial charge in [0.2, 0.25) is 11.8 Å². The van der Waals surface area contributed by atoms with Crippen molar-refractivity contribution >= 4 is 17.8 Å². The number of nitrogens with one attached hydrogen (secondary N) is 1. The number of aryl methyl sites for hydroxylation is 1. The van der Waals surface area contributed by atoms with Crippen LogP contribution in [0, 0.1) is 12.8 Å². The maximum absolute atomic E-state index is 12.9. The largest absolute Gasteiger partial charge is 0.463 e. The molecule has 0 fully saturated rings. The molecule has 6 nitrogen and oxygen atoms in total. The Labute approximate surface area is 173 Å². The number of hydrogen-bond donors (Lipinski definition) is 1. The lowest BCUT2D eigenvalue weighted by atomic mass is 9.83. The third kappa shape index (κ3) is 5.92.